The first-order chi connectivity index (χ1) is 8.72. The Morgan fingerprint density at radius 3 is 2.56 bits per heavy atom. The van der Waals surface area contributed by atoms with Gasteiger partial charge < -0.3 is 15.7 Å². The van der Waals surface area contributed by atoms with Crippen molar-refractivity contribution in [2.24, 2.45) is 0 Å². The highest BCUT2D eigenvalue weighted by Crippen LogP contribution is 2.29. The van der Waals surface area contributed by atoms with Crippen molar-refractivity contribution in [1.29, 1.82) is 0 Å². The van der Waals surface area contributed by atoms with Crippen LogP contribution in [-0.4, -0.2) is 33.8 Å². The van der Waals surface area contributed by atoms with Crippen molar-refractivity contribution >= 4 is 11.6 Å². The molecule has 18 heavy (non-hydrogen) atoms. The van der Waals surface area contributed by atoms with Gasteiger partial charge in [-0.15, -0.1) is 0 Å². The molecule has 3 N–H and O–H groups in total. The minimum atomic E-state index is -0.561. The van der Waals surface area contributed by atoms with E-state index in [0.29, 0.717) is 6.54 Å². The molecule has 2 rings (SSSR count). The molecule has 5 nitrogen and oxygen atoms in total. The summed E-state index contributed by atoms with van der Waals surface area (Å²) in [4.78, 5) is 8.54. The van der Waals surface area contributed by atoms with Gasteiger partial charge in [-0.2, -0.15) is 0 Å². The van der Waals surface area contributed by atoms with Gasteiger partial charge in [0.15, 0.2) is 0 Å². The minimum absolute atomic E-state index is 0.554. The van der Waals surface area contributed by atoms with E-state index in [1.54, 1.807) is 12.4 Å². The van der Waals surface area contributed by atoms with E-state index in [2.05, 4.69) is 27.5 Å². The molecule has 1 fully saturated rings. The lowest BCUT2D eigenvalue weighted by Crippen LogP contribution is -2.33. The van der Waals surface area contributed by atoms with Crippen molar-refractivity contribution in [3.8, 4) is 0 Å². The SMILES string of the molecule is CCCNc1cncc(NCC2(O)CCCC2)n1. The number of rotatable bonds is 6. The summed E-state index contributed by atoms with van der Waals surface area (Å²) in [5, 5.41) is 16.6. The zero-order valence-corrected chi connectivity index (χ0v) is 10.9. The van der Waals surface area contributed by atoms with Gasteiger partial charge >= 0.3 is 0 Å². The molecule has 1 aliphatic rings. The predicted octanol–water partition coefficient (Wildman–Crippen LogP) is 2.02. The summed E-state index contributed by atoms with van der Waals surface area (Å²) in [6.45, 7) is 3.55. The molecule has 0 saturated heterocycles. The molecule has 1 aliphatic carbocycles. The number of aliphatic hydroxyl groups is 1. The lowest BCUT2D eigenvalue weighted by atomic mass is 10.0. The third-order valence-corrected chi connectivity index (χ3v) is 3.32. The molecule has 0 radical (unpaired) electrons. The van der Waals surface area contributed by atoms with Gasteiger partial charge in [0.05, 0.1) is 18.0 Å². The van der Waals surface area contributed by atoms with E-state index in [9.17, 15) is 5.11 Å². The Morgan fingerprint density at radius 2 is 1.89 bits per heavy atom. The highest BCUT2D eigenvalue weighted by Gasteiger charge is 2.30. The zero-order valence-electron chi connectivity index (χ0n) is 10.9. The van der Waals surface area contributed by atoms with Crippen LogP contribution in [-0.2, 0) is 0 Å². The normalized spacial score (nSPS) is 17.7. The van der Waals surface area contributed by atoms with Gasteiger partial charge in [-0.1, -0.05) is 19.8 Å². The standard InChI is InChI=1S/C13H22N4O/c1-2-7-15-11-8-14-9-12(17-11)16-10-13(18)5-3-4-6-13/h8-9,18H,2-7,10H2,1H3,(H2,15,16,17). The Kier molecular flexibility index (Phi) is 4.36. The summed E-state index contributed by atoms with van der Waals surface area (Å²) < 4.78 is 0. The van der Waals surface area contributed by atoms with Crippen LogP contribution >= 0.6 is 0 Å². The van der Waals surface area contributed by atoms with Crippen molar-refractivity contribution in [3.05, 3.63) is 12.4 Å². The van der Waals surface area contributed by atoms with E-state index in [1.807, 2.05) is 0 Å². The second-order valence-electron chi connectivity index (χ2n) is 5.00. The fraction of sp³-hybridized carbons (Fsp3) is 0.692. The van der Waals surface area contributed by atoms with Crippen LogP contribution in [0, 0.1) is 0 Å². The first-order valence-electron chi connectivity index (χ1n) is 6.74. The number of aromatic nitrogens is 2. The molecule has 5 heteroatoms. The fourth-order valence-electron chi connectivity index (χ4n) is 2.25. The highest BCUT2D eigenvalue weighted by molar-refractivity contribution is 5.41. The van der Waals surface area contributed by atoms with Gasteiger partial charge in [-0.25, -0.2) is 4.98 Å². The Hall–Kier alpha value is -1.36. The third-order valence-electron chi connectivity index (χ3n) is 3.32. The first-order valence-corrected chi connectivity index (χ1v) is 6.74. The van der Waals surface area contributed by atoms with Crippen molar-refractivity contribution < 1.29 is 5.11 Å². The minimum Gasteiger partial charge on any atom is -0.388 e. The average molecular weight is 250 g/mol. The summed E-state index contributed by atoms with van der Waals surface area (Å²) in [6, 6.07) is 0. The number of anilines is 2. The number of nitrogens with zero attached hydrogens (tertiary/aromatic N) is 2. The first kappa shape index (κ1) is 13.1. The predicted molar refractivity (Wildman–Crippen MR) is 72.7 cm³/mol. The number of hydrogen-bond acceptors (Lipinski definition) is 5. The second-order valence-corrected chi connectivity index (χ2v) is 5.00. The Balaban J connectivity index is 1.88. The molecule has 0 spiro atoms. The lowest BCUT2D eigenvalue weighted by Gasteiger charge is -2.22. The number of nitrogens with one attached hydrogen (secondary N) is 2. The van der Waals surface area contributed by atoms with Crippen LogP contribution in [0.1, 0.15) is 39.0 Å². The van der Waals surface area contributed by atoms with E-state index < -0.39 is 5.60 Å². The third kappa shape index (κ3) is 3.57. The van der Waals surface area contributed by atoms with Gasteiger partial charge in [-0.05, 0) is 19.3 Å². The molecule has 1 aromatic rings. The Morgan fingerprint density at radius 1 is 1.22 bits per heavy atom. The molecule has 1 saturated carbocycles. The van der Waals surface area contributed by atoms with E-state index >= 15 is 0 Å². The molecule has 0 aromatic carbocycles. The van der Waals surface area contributed by atoms with Crippen molar-refractivity contribution in [3.63, 3.8) is 0 Å². The smallest absolute Gasteiger partial charge is 0.147 e. The quantitative estimate of drug-likeness (QED) is 0.720. The fourth-order valence-corrected chi connectivity index (χ4v) is 2.25. The van der Waals surface area contributed by atoms with Crippen molar-refractivity contribution in [2.75, 3.05) is 23.7 Å². The van der Waals surface area contributed by atoms with Crippen LogP contribution in [0.25, 0.3) is 0 Å². The number of hydrogen-bond donors (Lipinski definition) is 3. The van der Waals surface area contributed by atoms with Crippen LogP contribution in [0.3, 0.4) is 0 Å². The average Bonchev–Trinajstić information content (AvgIpc) is 2.82. The van der Waals surface area contributed by atoms with Crippen LogP contribution in [0.2, 0.25) is 0 Å². The van der Waals surface area contributed by atoms with E-state index in [4.69, 9.17) is 0 Å². The summed E-state index contributed by atoms with van der Waals surface area (Å²) in [7, 11) is 0. The molecular weight excluding hydrogens is 228 g/mol. The highest BCUT2D eigenvalue weighted by atomic mass is 16.3. The second kappa shape index (κ2) is 6.00. The maximum atomic E-state index is 10.2. The summed E-state index contributed by atoms with van der Waals surface area (Å²) in [5.41, 5.74) is -0.561. The largest absolute Gasteiger partial charge is 0.388 e. The van der Waals surface area contributed by atoms with Crippen LogP contribution in [0.4, 0.5) is 11.6 Å². The molecule has 100 valence electrons. The maximum absolute atomic E-state index is 10.2. The maximum Gasteiger partial charge on any atom is 0.147 e. The molecule has 0 aliphatic heterocycles. The summed E-state index contributed by atoms with van der Waals surface area (Å²) in [6.07, 6.45) is 8.44. The summed E-state index contributed by atoms with van der Waals surface area (Å²) >= 11 is 0. The molecule has 0 unspecified atom stereocenters. The molecule has 0 amide bonds. The van der Waals surface area contributed by atoms with Gasteiger partial charge in [0.25, 0.3) is 0 Å². The Bertz CT molecular complexity index is 377. The lowest BCUT2D eigenvalue weighted by molar-refractivity contribution is 0.0614. The molecule has 0 atom stereocenters. The van der Waals surface area contributed by atoms with E-state index in [0.717, 1.165) is 50.3 Å². The Labute approximate surface area is 108 Å². The zero-order chi connectivity index (χ0) is 12.8. The van der Waals surface area contributed by atoms with E-state index in [1.165, 1.54) is 0 Å². The molecule has 0 bridgehead atoms. The molecule has 1 aromatic heterocycles. The van der Waals surface area contributed by atoms with Crippen molar-refractivity contribution in [1.82, 2.24) is 9.97 Å². The van der Waals surface area contributed by atoms with Gasteiger partial charge in [0.1, 0.15) is 11.6 Å². The topological polar surface area (TPSA) is 70.1 Å². The van der Waals surface area contributed by atoms with Gasteiger partial charge in [0, 0.05) is 13.1 Å². The van der Waals surface area contributed by atoms with Crippen LogP contribution < -0.4 is 10.6 Å². The van der Waals surface area contributed by atoms with Crippen LogP contribution in [0.5, 0.6) is 0 Å². The van der Waals surface area contributed by atoms with Gasteiger partial charge in [0.2, 0.25) is 0 Å². The van der Waals surface area contributed by atoms with E-state index in [-0.39, 0.29) is 0 Å². The molecular formula is C13H22N4O. The van der Waals surface area contributed by atoms with Gasteiger partial charge in [-0.3, -0.25) is 4.98 Å². The monoisotopic (exact) mass is 250 g/mol. The van der Waals surface area contributed by atoms with Crippen LogP contribution in [0.15, 0.2) is 12.4 Å². The van der Waals surface area contributed by atoms with Crippen molar-refractivity contribution in [2.45, 2.75) is 44.6 Å². The summed E-state index contributed by atoms with van der Waals surface area (Å²) in [5.74, 6) is 1.50. The molecule has 1 heterocycles.